The third-order valence-electron chi connectivity index (χ3n) is 2.22. The predicted octanol–water partition coefficient (Wildman–Crippen LogP) is 1.98. The van der Waals surface area contributed by atoms with Gasteiger partial charge in [0.1, 0.15) is 5.60 Å². The molecule has 0 saturated carbocycles. The Balaban J connectivity index is 4.12. The Bertz CT molecular complexity index is 181. The Morgan fingerprint density at radius 3 is 2.21 bits per heavy atom. The van der Waals surface area contributed by atoms with E-state index < -0.39 is 5.60 Å². The van der Waals surface area contributed by atoms with Crippen molar-refractivity contribution in [2.75, 3.05) is 6.61 Å². The van der Waals surface area contributed by atoms with E-state index in [4.69, 9.17) is 9.84 Å². The van der Waals surface area contributed by atoms with Gasteiger partial charge < -0.3 is 9.84 Å². The molecule has 0 aliphatic rings. The Kier molecular flexibility index (Phi) is 5.13. The van der Waals surface area contributed by atoms with Gasteiger partial charge in [-0.1, -0.05) is 13.8 Å². The van der Waals surface area contributed by atoms with Crippen molar-refractivity contribution in [1.82, 2.24) is 0 Å². The average molecular weight is 202 g/mol. The summed E-state index contributed by atoms with van der Waals surface area (Å²) in [4.78, 5) is 11.6. The van der Waals surface area contributed by atoms with Crippen molar-refractivity contribution in [3.8, 4) is 0 Å². The van der Waals surface area contributed by atoms with E-state index in [-0.39, 0.29) is 24.4 Å². The molecule has 0 rings (SSSR count). The molecule has 84 valence electrons. The number of carbonyl (C=O) groups is 1. The van der Waals surface area contributed by atoms with Gasteiger partial charge in [0.05, 0.1) is 5.92 Å². The van der Waals surface area contributed by atoms with Crippen LogP contribution in [-0.2, 0) is 9.53 Å². The summed E-state index contributed by atoms with van der Waals surface area (Å²) in [6.07, 6.45) is 0.639. The fourth-order valence-electron chi connectivity index (χ4n) is 1.08. The number of rotatable bonds is 4. The van der Waals surface area contributed by atoms with Gasteiger partial charge in [0.2, 0.25) is 0 Å². The van der Waals surface area contributed by atoms with Crippen LogP contribution in [0.15, 0.2) is 0 Å². The van der Waals surface area contributed by atoms with Crippen molar-refractivity contribution in [2.45, 2.75) is 46.6 Å². The summed E-state index contributed by atoms with van der Waals surface area (Å²) >= 11 is 0. The molecule has 0 heterocycles. The number of carbonyl (C=O) groups excluding carboxylic acids is 1. The fourth-order valence-corrected chi connectivity index (χ4v) is 1.08. The molecule has 0 fully saturated rings. The molecule has 0 bridgehead atoms. The van der Waals surface area contributed by atoms with Gasteiger partial charge in [-0.3, -0.25) is 4.79 Å². The van der Waals surface area contributed by atoms with Gasteiger partial charge >= 0.3 is 5.97 Å². The topological polar surface area (TPSA) is 46.5 Å². The largest absolute Gasteiger partial charge is 0.460 e. The highest BCUT2D eigenvalue weighted by molar-refractivity contribution is 5.72. The molecule has 3 heteroatoms. The van der Waals surface area contributed by atoms with Crippen LogP contribution in [0, 0.1) is 11.8 Å². The maximum Gasteiger partial charge on any atom is 0.309 e. The number of hydrogen-bond acceptors (Lipinski definition) is 3. The molecule has 3 nitrogen and oxygen atoms in total. The molecule has 0 spiro atoms. The Hall–Kier alpha value is -0.570. The molecule has 1 N–H and O–H groups in total. The van der Waals surface area contributed by atoms with Crippen molar-refractivity contribution >= 4 is 5.97 Å². The second-order valence-electron chi connectivity index (χ2n) is 4.81. The molecule has 0 aliphatic heterocycles. The highest BCUT2D eigenvalue weighted by Crippen LogP contribution is 2.19. The monoisotopic (exact) mass is 202 g/mol. The average Bonchev–Trinajstić information content (AvgIpc) is 2.00. The van der Waals surface area contributed by atoms with Crippen LogP contribution in [0.25, 0.3) is 0 Å². The van der Waals surface area contributed by atoms with Crippen molar-refractivity contribution in [2.24, 2.45) is 11.8 Å². The highest BCUT2D eigenvalue weighted by atomic mass is 16.6. The molecule has 0 aliphatic carbocycles. The summed E-state index contributed by atoms with van der Waals surface area (Å²) in [5.41, 5.74) is -0.426. The van der Waals surface area contributed by atoms with Crippen LogP contribution in [0.2, 0.25) is 0 Å². The first kappa shape index (κ1) is 13.4. The lowest BCUT2D eigenvalue weighted by Gasteiger charge is -2.24. The zero-order chi connectivity index (χ0) is 11.4. The molecule has 0 saturated heterocycles. The summed E-state index contributed by atoms with van der Waals surface area (Å²) in [6, 6.07) is 0. The van der Waals surface area contributed by atoms with Crippen molar-refractivity contribution in [3.63, 3.8) is 0 Å². The second kappa shape index (κ2) is 5.35. The predicted molar refractivity (Wildman–Crippen MR) is 55.9 cm³/mol. The van der Waals surface area contributed by atoms with Crippen LogP contribution in [0.3, 0.4) is 0 Å². The van der Waals surface area contributed by atoms with Gasteiger partial charge in [0, 0.05) is 6.61 Å². The van der Waals surface area contributed by atoms with E-state index in [1.54, 1.807) is 0 Å². The third kappa shape index (κ3) is 5.22. The molecule has 2 atom stereocenters. The van der Waals surface area contributed by atoms with Gasteiger partial charge in [-0.05, 0) is 33.1 Å². The molecule has 0 aromatic rings. The first-order chi connectivity index (χ1) is 6.28. The van der Waals surface area contributed by atoms with E-state index in [0.717, 1.165) is 0 Å². The van der Waals surface area contributed by atoms with E-state index in [1.807, 2.05) is 34.6 Å². The molecule has 0 aromatic carbocycles. The Morgan fingerprint density at radius 1 is 1.36 bits per heavy atom. The van der Waals surface area contributed by atoms with Crippen molar-refractivity contribution in [1.29, 1.82) is 0 Å². The molecule has 0 unspecified atom stereocenters. The summed E-state index contributed by atoms with van der Waals surface area (Å²) in [5, 5.41) is 8.75. The SMILES string of the molecule is C[C@H](C(=O)OC(C)(C)C)[C@@H](C)CCO. The number of aliphatic hydroxyl groups excluding tert-OH is 1. The molecular weight excluding hydrogens is 180 g/mol. The van der Waals surface area contributed by atoms with Gasteiger partial charge in [-0.15, -0.1) is 0 Å². The van der Waals surface area contributed by atoms with Crippen molar-refractivity contribution < 1.29 is 14.6 Å². The van der Waals surface area contributed by atoms with E-state index in [0.29, 0.717) is 6.42 Å². The van der Waals surface area contributed by atoms with Crippen LogP contribution < -0.4 is 0 Å². The van der Waals surface area contributed by atoms with Crippen LogP contribution in [0.1, 0.15) is 41.0 Å². The number of hydrogen-bond donors (Lipinski definition) is 1. The standard InChI is InChI=1S/C11H22O3/c1-8(6-7-12)9(2)10(13)14-11(3,4)5/h8-9,12H,6-7H2,1-5H3/t8-,9-/m0/s1. The summed E-state index contributed by atoms with van der Waals surface area (Å²) < 4.78 is 5.25. The van der Waals surface area contributed by atoms with Gasteiger partial charge in [-0.2, -0.15) is 0 Å². The molecule has 0 amide bonds. The van der Waals surface area contributed by atoms with E-state index in [2.05, 4.69) is 0 Å². The van der Waals surface area contributed by atoms with E-state index >= 15 is 0 Å². The van der Waals surface area contributed by atoms with Gasteiger partial charge in [-0.25, -0.2) is 0 Å². The summed E-state index contributed by atoms with van der Waals surface area (Å²) in [6.45, 7) is 9.48. The highest BCUT2D eigenvalue weighted by Gasteiger charge is 2.25. The smallest absolute Gasteiger partial charge is 0.309 e. The maximum atomic E-state index is 11.6. The first-order valence-electron chi connectivity index (χ1n) is 5.11. The van der Waals surface area contributed by atoms with Gasteiger partial charge in [0.25, 0.3) is 0 Å². The summed E-state index contributed by atoms with van der Waals surface area (Å²) in [7, 11) is 0. The van der Waals surface area contributed by atoms with Crippen LogP contribution in [0.4, 0.5) is 0 Å². The van der Waals surface area contributed by atoms with Crippen molar-refractivity contribution in [3.05, 3.63) is 0 Å². The minimum absolute atomic E-state index is 0.119. The second-order valence-corrected chi connectivity index (χ2v) is 4.81. The third-order valence-corrected chi connectivity index (χ3v) is 2.22. The Morgan fingerprint density at radius 2 is 1.86 bits per heavy atom. The minimum atomic E-state index is -0.426. The number of esters is 1. The van der Waals surface area contributed by atoms with E-state index in [9.17, 15) is 4.79 Å². The summed E-state index contributed by atoms with van der Waals surface area (Å²) in [5.74, 6) is -0.172. The van der Waals surface area contributed by atoms with Crippen LogP contribution in [-0.4, -0.2) is 23.3 Å². The Labute approximate surface area is 86.5 Å². The minimum Gasteiger partial charge on any atom is -0.460 e. The number of aliphatic hydroxyl groups is 1. The fraction of sp³-hybridized carbons (Fsp3) is 0.909. The zero-order valence-corrected chi connectivity index (χ0v) is 9.83. The quantitative estimate of drug-likeness (QED) is 0.709. The normalized spacial score (nSPS) is 16.1. The first-order valence-corrected chi connectivity index (χ1v) is 5.11. The lowest BCUT2D eigenvalue weighted by molar-refractivity contribution is -0.161. The van der Waals surface area contributed by atoms with Gasteiger partial charge in [0.15, 0.2) is 0 Å². The van der Waals surface area contributed by atoms with E-state index in [1.165, 1.54) is 0 Å². The molecule has 0 radical (unpaired) electrons. The van der Waals surface area contributed by atoms with Crippen LogP contribution >= 0.6 is 0 Å². The van der Waals surface area contributed by atoms with Crippen LogP contribution in [0.5, 0.6) is 0 Å². The lowest BCUT2D eigenvalue weighted by atomic mass is 9.93. The molecule has 0 aromatic heterocycles. The molecular formula is C11H22O3. The molecule has 14 heavy (non-hydrogen) atoms. The maximum absolute atomic E-state index is 11.6. The number of ether oxygens (including phenoxy) is 1. The zero-order valence-electron chi connectivity index (χ0n) is 9.83. The lowest BCUT2D eigenvalue weighted by Crippen LogP contribution is -2.30.